The van der Waals surface area contributed by atoms with Crippen molar-refractivity contribution in [2.45, 2.75) is 6.92 Å². The summed E-state index contributed by atoms with van der Waals surface area (Å²) in [6.07, 6.45) is 3.26. The molecule has 120 valence electrons. The number of benzene rings is 1. The lowest BCUT2D eigenvalue weighted by Gasteiger charge is -2.11. The van der Waals surface area contributed by atoms with Gasteiger partial charge in [-0.3, -0.25) is 0 Å². The fourth-order valence-electron chi connectivity index (χ4n) is 2.36. The van der Waals surface area contributed by atoms with Crippen LogP contribution in [-0.4, -0.2) is 25.4 Å². The summed E-state index contributed by atoms with van der Waals surface area (Å²) >= 11 is 0. The van der Waals surface area contributed by atoms with Gasteiger partial charge in [0.1, 0.15) is 12.4 Å². The Bertz CT molecular complexity index is 931. The number of hydrogen-bond acceptors (Lipinski definition) is 6. The molecule has 0 bridgehead atoms. The molecule has 3 aromatic rings. The summed E-state index contributed by atoms with van der Waals surface area (Å²) < 4.78 is 22.0. The van der Waals surface area contributed by atoms with Gasteiger partial charge in [0, 0.05) is 6.07 Å². The molecule has 0 unspecified atom stereocenters. The van der Waals surface area contributed by atoms with E-state index in [1.165, 1.54) is 12.3 Å². The highest BCUT2D eigenvalue weighted by atomic mass is 16.5. The molecule has 0 saturated heterocycles. The van der Waals surface area contributed by atoms with Gasteiger partial charge in [-0.25, -0.2) is 4.79 Å². The molecule has 0 aliphatic carbocycles. The third-order valence-corrected chi connectivity index (χ3v) is 3.51. The highest BCUT2D eigenvalue weighted by Gasteiger charge is 2.20. The van der Waals surface area contributed by atoms with Crippen molar-refractivity contribution in [2.24, 2.45) is 0 Å². The quantitative estimate of drug-likeness (QED) is 0.576. The minimum Gasteiger partial charge on any atom is -0.495 e. The monoisotopic (exact) mass is 316 g/mol. The number of hydrogen-bond donors (Lipinski definition) is 1. The van der Waals surface area contributed by atoms with Gasteiger partial charge in [0.15, 0.2) is 11.2 Å². The number of rotatable bonds is 5. The normalized spacial score (nSPS) is 12.0. The summed E-state index contributed by atoms with van der Waals surface area (Å²) in [5.74, 6) is 0.891. The first kappa shape index (κ1) is 15.2. The number of methoxy groups -OCH3 is 1. The van der Waals surface area contributed by atoms with E-state index in [1.807, 2.05) is 0 Å². The van der Waals surface area contributed by atoms with Crippen molar-refractivity contribution in [3.8, 4) is 11.5 Å². The van der Waals surface area contributed by atoms with E-state index in [0.29, 0.717) is 22.5 Å². The molecule has 6 heteroatoms. The van der Waals surface area contributed by atoms with E-state index in [9.17, 15) is 4.79 Å². The van der Waals surface area contributed by atoms with Crippen LogP contribution in [0.5, 0.6) is 11.5 Å². The maximum absolute atomic E-state index is 11.6. The maximum atomic E-state index is 11.6. The van der Waals surface area contributed by atoms with Gasteiger partial charge < -0.3 is 23.4 Å². The molecule has 0 atom stereocenters. The van der Waals surface area contributed by atoms with Crippen molar-refractivity contribution in [2.75, 3.05) is 20.3 Å². The minimum absolute atomic E-state index is 0.0437. The fourth-order valence-corrected chi connectivity index (χ4v) is 2.36. The zero-order valence-electron chi connectivity index (χ0n) is 12.8. The first-order valence-electron chi connectivity index (χ1n) is 7.06. The lowest BCUT2D eigenvalue weighted by atomic mass is 10.1. The summed E-state index contributed by atoms with van der Waals surface area (Å²) in [7, 11) is 1.54. The van der Waals surface area contributed by atoms with Crippen LogP contribution < -0.4 is 15.1 Å². The average molecular weight is 316 g/mol. The smallest absolute Gasteiger partial charge is 0.336 e. The second kappa shape index (κ2) is 6.18. The summed E-state index contributed by atoms with van der Waals surface area (Å²) in [5.41, 5.74) is 1.00. The largest absolute Gasteiger partial charge is 0.495 e. The molecule has 0 aliphatic rings. The molecule has 0 amide bonds. The number of aliphatic hydroxyl groups excluding tert-OH is 1. The highest BCUT2D eigenvalue weighted by Crippen LogP contribution is 2.42. The SMILES string of the molecule is COc1c2ccoc2c(OCC=C(C)CO)c2oc(=O)ccc12. The van der Waals surface area contributed by atoms with Gasteiger partial charge in [0.25, 0.3) is 0 Å². The fraction of sp³-hybridized carbons (Fsp3) is 0.235. The Morgan fingerprint density at radius 1 is 1.22 bits per heavy atom. The standard InChI is InChI=1S/C17H16O6/c1-10(9-18)5-7-22-17-15-12(6-8-21-15)14(20-2)11-3-4-13(19)23-16(11)17/h3-6,8,18H,7,9H2,1-2H3. The summed E-state index contributed by atoms with van der Waals surface area (Å²) in [6, 6.07) is 4.73. The molecule has 0 saturated carbocycles. The van der Waals surface area contributed by atoms with Gasteiger partial charge >= 0.3 is 5.63 Å². The molecule has 2 aromatic heterocycles. The second-order valence-electron chi connectivity index (χ2n) is 5.04. The van der Waals surface area contributed by atoms with Gasteiger partial charge in [-0.15, -0.1) is 0 Å². The molecule has 23 heavy (non-hydrogen) atoms. The summed E-state index contributed by atoms with van der Waals surface area (Å²) in [5, 5.41) is 10.4. The molecule has 1 N–H and O–H groups in total. The molecule has 6 nitrogen and oxygen atoms in total. The Kier molecular flexibility index (Phi) is 4.08. The molecule has 3 rings (SSSR count). The van der Waals surface area contributed by atoms with Crippen molar-refractivity contribution in [1.82, 2.24) is 0 Å². The van der Waals surface area contributed by atoms with Crippen molar-refractivity contribution >= 4 is 21.9 Å². The molecule has 0 spiro atoms. The van der Waals surface area contributed by atoms with E-state index in [1.54, 1.807) is 32.2 Å². The predicted molar refractivity (Wildman–Crippen MR) is 85.1 cm³/mol. The van der Waals surface area contributed by atoms with Crippen LogP contribution >= 0.6 is 0 Å². The van der Waals surface area contributed by atoms with Crippen molar-refractivity contribution in [3.05, 3.63) is 46.5 Å². The van der Waals surface area contributed by atoms with Crippen LogP contribution in [0.3, 0.4) is 0 Å². The lowest BCUT2D eigenvalue weighted by molar-refractivity contribution is 0.324. The van der Waals surface area contributed by atoms with E-state index >= 15 is 0 Å². The molecule has 0 radical (unpaired) electrons. The molecular weight excluding hydrogens is 300 g/mol. The number of ether oxygens (including phenoxy) is 2. The Labute approximate surface area is 131 Å². The highest BCUT2D eigenvalue weighted by molar-refractivity contribution is 6.06. The van der Waals surface area contributed by atoms with Crippen LogP contribution in [0.4, 0.5) is 0 Å². The zero-order chi connectivity index (χ0) is 16.4. The lowest BCUT2D eigenvalue weighted by Crippen LogP contribution is -2.01. The third kappa shape index (κ3) is 2.68. The van der Waals surface area contributed by atoms with Crippen molar-refractivity contribution in [1.29, 1.82) is 0 Å². The number of aliphatic hydroxyl groups is 1. The topological polar surface area (TPSA) is 82.0 Å². The van der Waals surface area contributed by atoms with E-state index < -0.39 is 5.63 Å². The van der Waals surface area contributed by atoms with Gasteiger partial charge in [0.05, 0.1) is 30.8 Å². The Morgan fingerprint density at radius 3 is 2.74 bits per heavy atom. The van der Waals surface area contributed by atoms with Gasteiger partial charge in [0.2, 0.25) is 5.75 Å². The van der Waals surface area contributed by atoms with Crippen LogP contribution in [0.2, 0.25) is 0 Å². The Morgan fingerprint density at radius 2 is 2.00 bits per heavy atom. The summed E-state index contributed by atoms with van der Waals surface area (Å²) in [6.45, 7) is 1.96. The van der Waals surface area contributed by atoms with Crippen molar-refractivity contribution < 1.29 is 23.4 Å². The van der Waals surface area contributed by atoms with Crippen LogP contribution in [0.1, 0.15) is 6.92 Å². The number of furan rings is 1. The second-order valence-corrected chi connectivity index (χ2v) is 5.04. The predicted octanol–water partition coefficient (Wildman–Crippen LogP) is 2.87. The van der Waals surface area contributed by atoms with E-state index in [-0.39, 0.29) is 18.8 Å². The van der Waals surface area contributed by atoms with Crippen LogP contribution in [-0.2, 0) is 0 Å². The molecule has 0 aliphatic heterocycles. The van der Waals surface area contributed by atoms with Gasteiger partial charge in [-0.05, 0) is 30.7 Å². The van der Waals surface area contributed by atoms with Gasteiger partial charge in [-0.1, -0.05) is 0 Å². The average Bonchev–Trinajstić information content (AvgIpc) is 3.03. The minimum atomic E-state index is -0.489. The number of fused-ring (bicyclic) bond motifs is 2. The van der Waals surface area contributed by atoms with E-state index in [0.717, 1.165) is 11.0 Å². The molecule has 0 fully saturated rings. The zero-order valence-corrected chi connectivity index (χ0v) is 12.8. The Hall–Kier alpha value is -2.73. The first-order chi connectivity index (χ1) is 11.2. The first-order valence-corrected chi connectivity index (χ1v) is 7.06. The van der Waals surface area contributed by atoms with E-state index in [4.69, 9.17) is 23.4 Å². The van der Waals surface area contributed by atoms with Gasteiger partial charge in [-0.2, -0.15) is 0 Å². The molecule has 1 aromatic carbocycles. The molecule has 2 heterocycles. The molecular formula is C17H16O6. The Balaban J connectivity index is 2.22. The summed E-state index contributed by atoms with van der Waals surface area (Å²) in [4.78, 5) is 11.6. The van der Waals surface area contributed by atoms with Crippen LogP contribution in [0.25, 0.3) is 21.9 Å². The van der Waals surface area contributed by atoms with E-state index in [2.05, 4.69) is 0 Å². The van der Waals surface area contributed by atoms with Crippen LogP contribution in [0.15, 0.2) is 49.7 Å². The van der Waals surface area contributed by atoms with Crippen molar-refractivity contribution in [3.63, 3.8) is 0 Å². The third-order valence-electron chi connectivity index (χ3n) is 3.51. The maximum Gasteiger partial charge on any atom is 0.336 e. The van der Waals surface area contributed by atoms with Crippen LogP contribution in [0, 0.1) is 0 Å².